The van der Waals surface area contributed by atoms with Crippen LogP contribution >= 0.6 is 0 Å². The summed E-state index contributed by atoms with van der Waals surface area (Å²) in [5, 5.41) is 10.6. The molecular formula is C10H11N5O4. The zero-order valence-electron chi connectivity index (χ0n) is 10.1. The molecule has 0 aliphatic rings. The van der Waals surface area contributed by atoms with E-state index in [0.717, 1.165) is 16.6 Å². The molecule has 0 aromatic carbocycles. The Morgan fingerprint density at radius 1 is 1.37 bits per heavy atom. The maximum atomic E-state index is 11.5. The van der Waals surface area contributed by atoms with Gasteiger partial charge in [0.1, 0.15) is 5.82 Å². The van der Waals surface area contributed by atoms with E-state index in [9.17, 15) is 19.7 Å². The number of aryl methyl sites for hydroxylation is 3. The molecule has 0 unspecified atom stereocenters. The number of aromatic nitrogens is 4. The van der Waals surface area contributed by atoms with Crippen LogP contribution in [0.5, 0.6) is 0 Å². The quantitative estimate of drug-likeness (QED) is 0.599. The highest BCUT2D eigenvalue weighted by atomic mass is 16.6. The van der Waals surface area contributed by atoms with E-state index >= 15 is 0 Å². The molecule has 2 aromatic rings. The number of nitrogens with one attached hydrogen (secondary N) is 1. The average Bonchev–Trinajstić information content (AvgIpc) is 2.73. The lowest BCUT2D eigenvalue weighted by Gasteiger charge is -2.06. The smallest absolute Gasteiger partial charge is 0.333 e. The third-order valence-electron chi connectivity index (χ3n) is 2.69. The van der Waals surface area contributed by atoms with Crippen molar-refractivity contribution in [1.29, 1.82) is 0 Å². The Labute approximate surface area is 106 Å². The predicted molar refractivity (Wildman–Crippen MR) is 64.9 cm³/mol. The van der Waals surface area contributed by atoms with Crippen LogP contribution < -0.4 is 11.2 Å². The summed E-state index contributed by atoms with van der Waals surface area (Å²) in [6.45, 7) is 2.43. The molecule has 0 spiro atoms. The first-order chi connectivity index (χ1) is 8.99. The zero-order chi connectivity index (χ0) is 14.0. The minimum Gasteiger partial charge on any atom is -0.333 e. The summed E-state index contributed by atoms with van der Waals surface area (Å²) in [6, 6.07) is 0. The molecule has 0 radical (unpaired) electrons. The van der Waals surface area contributed by atoms with Crippen molar-refractivity contribution in [3.8, 4) is 0 Å². The van der Waals surface area contributed by atoms with Gasteiger partial charge >= 0.3 is 16.9 Å². The first kappa shape index (κ1) is 12.7. The SMILES string of the molecule is Cc1nccn1CCn1cc([N+](=O)[O-])c(=O)[nH]c1=O. The van der Waals surface area contributed by atoms with Crippen molar-refractivity contribution in [3.63, 3.8) is 0 Å². The van der Waals surface area contributed by atoms with Crippen molar-refractivity contribution >= 4 is 5.69 Å². The van der Waals surface area contributed by atoms with Crippen molar-refractivity contribution in [2.24, 2.45) is 0 Å². The van der Waals surface area contributed by atoms with Crippen molar-refractivity contribution in [2.75, 3.05) is 0 Å². The molecule has 2 heterocycles. The highest BCUT2D eigenvalue weighted by Gasteiger charge is 2.14. The Morgan fingerprint density at radius 2 is 2.05 bits per heavy atom. The monoisotopic (exact) mass is 265 g/mol. The van der Waals surface area contributed by atoms with E-state index in [4.69, 9.17) is 0 Å². The predicted octanol–water partition coefficient (Wildman–Crippen LogP) is -0.350. The molecule has 0 bridgehead atoms. The van der Waals surface area contributed by atoms with Crippen LogP contribution in [0.3, 0.4) is 0 Å². The first-order valence-electron chi connectivity index (χ1n) is 5.45. The van der Waals surface area contributed by atoms with Gasteiger partial charge in [-0.2, -0.15) is 0 Å². The van der Waals surface area contributed by atoms with Gasteiger partial charge < -0.3 is 4.57 Å². The maximum absolute atomic E-state index is 11.5. The Balaban J connectivity index is 2.28. The molecule has 2 aromatic heterocycles. The molecule has 0 fully saturated rings. The number of nitrogens with zero attached hydrogens (tertiary/aromatic N) is 4. The minimum absolute atomic E-state index is 0.202. The lowest BCUT2D eigenvalue weighted by molar-refractivity contribution is -0.386. The number of hydrogen-bond donors (Lipinski definition) is 1. The Kier molecular flexibility index (Phi) is 3.27. The largest absolute Gasteiger partial charge is 0.350 e. The summed E-state index contributed by atoms with van der Waals surface area (Å²) in [4.78, 5) is 38.5. The molecule has 9 heteroatoms. The minimum atomic E-state index is -0.995. The van der Waals surface area contributed by atoms with Gasteiger partial charge in [0.05, 0.1) is 11.1 Å². The second-order valence-electron chi connectivity index (χ2n) is 3.89. The Morgan fingerprint density at radius 3 is 2.63 bits per heavy atom. The van der Waals surface area contributed by atoms with Crippen molar-refractivity contribution in [2.45, 2.75) is 20.0 Å². The molecule has 0 saturated heterocycles. The zero-order valence-corrected chi connectivity index (χ0v) is 10.1. The van der Waals surface area contributed by atoms with Crippen LogP contribution in [0.1, 0.15) is 5.82 Å². The molecule has 0 amide bonds. The van der Waals surface area contributed by atoms with E-state index in [1.807, 2.05) is 4.98 Å². The Bertz CT molecular complexity index is 726. The summed E-state index contributed by atoms with van der Waals surface area (Å²) in [6.07, 6.45) is 4.31. The molecule has 0 atom stereocenters. The Hall–Kier alpha value is -2.71. The van der Waals surface area contributed by atoms with Crippen LogP contribution in [0.15, 0.2) is 28.2 Å². The van der Waals surface area contributed by atoms with Gasteiger partial charge in [0, 0.05) is 25.5 Å². The van der Waals surface area contributed by atoms with E-state index in [1.165, 1.54) is 0 Å². The molecule has 0 aliphatic heterocycles. The van der Waals surface area contributed by atoms with Crippen LogP contribution in [0.4, 0.5) is 5.69 Å². The third kappa shape index (κ3) is 2.59. The molecule has 0 saturated carbocycles. The van der Waals surface area contributed by atoms with Gasteiger partial charge in [0.15, 0.2) is 0 Å². The second-order valence-corrected chi connectivity index (χ2v) is 3.89. The highest BCUT2D eigenvalue weighted by Crippen LogP contribution is 2.00. The summed E-state index contributed by atoms with van der Waals surface area (Å²) in [5.74, 6) is 0.770. The topological polar surface area (TPSA) is 116 Å². The van der Waals surface area contributed by atoms with Gasteiger partial charge in [0.25, 0.3) is 0 Å². The van der Waals surface area contributed by atoms with Crippen LogP contribution in [0.2, 0.25) is 0 Å². The van der Waals surface area contributed by atoms with E-state index < -0.39 is 21.9 Å². The van der Waals surface area contributed by atoms with Crippen molar-refractivity contribution in [1.82, 2.24) is 19.1 Å². The number of aromatic amines is 1. The fourth-order valence-electron chi connectivity index (χ4n) is 1.65. The fourth-order valence-corrected chi connectivity index (χ4v) is 1.65. The van der Waals surface area contributed by atoms with E-state index in [-0.39, 0.29) is 6.54 Å². The van der Waals surface area contributed by atoms with Gasteiger partial charge in [-0.25, -0.2) is 9.78 Å². The summed E-state index contributed by atoms with van der Waals surface area (Å²) < 4.78 is 2.89. The number of H-pyrrole nitrogens is 1. The van der Waals surface area contributed by atoms with Gasteiger partial charge in [0.2, 0.25) is 0 Å². The highest BCUT2D eigenvalue weighted by molar-refractivity contribution is 5.20. The molecule has 100 valence electrons. The van der Waals surface area contributed by atoms with E-state index in [0.29, 0.717) is 6.54 Å². The van der Waals surface area contributed by atoms with Crippen LogP contribution in [-0.4, -0.2) is 24.0 Å². The lowest BCUT2D eigenvalue weighted by Crippen LogP contribution is -2.31. The van der Waals surface area contributed by atoms with Gasteiger partial charge in [-0.05, 0) is 6.92 Å². The van der Waals surface area contributed by atoms with Crippen molar-refractivity contribution in [3.05, 3.63) is 55.4 Å². The molecule has 0 aliphatic carbocycles. The van der Waals surface area contributed by atoms with Gasteiger partial charge in [-0.15, -0.1) is 0 Å². The third-order valence-corrected chi connectivity index (χ3v) is 2.69. The molecule has 2 rings (SSSR count). The standard InChI is InChI=1S/C10H11N5O4/c1-7-11-2-3-13(7)4-5-14-6-8(15(18)19)9(16)12-10(14)17/h2-3,6H,4-5H2,1H3,(H,12,16,17). The number of rotatable bonds is 4. The second kappa shape index (κ2) is 4.88. The first-order valence-corrected chi connectivity index (χ1v) is 5.45. The van der Waals surface area contributed by atoms with Gasteiger partial charge in [-0.1, -0.05) is 0 Å². The molecule has 9 nitrogen and oxygen atoms in total. The summed E-state index contributed by atoms with van der Waals surface area (Å²) in [5.41, 5.74) is -2.32. The van der Waals surface area contributed by atoms with Gasteiger partial charge in [-0.3, -0.25) is 24.5 Å². The molecular weight excluding hydrogens is 254 g/mol. The summed E-state index contributed by atoms with van der Waals surface area (Å²) in [7, 11) is 0. The maximum Gasteiger partial charge on any atom is 0.350 e. The number of nitro groups is 1. The van der Waals surface area contributed by atoms with Crippen molar-refractivity contribution < 1.29 is 4.92 Å². The van der Waals surface area contributed by atoms with E-state index in [2.05, 4.69) is 4.98 Å². The normalized spacial score (nSPS) is 10.6. The van der Waals surface area contributed by atoms with Crippen LogP contribution in [0, 0.1) is 17.0 Å². The number of hydrogen-bond acceptors (Lipinski definition) is 5. The molecule has 19 heavy (non-hydrogen) atoms. The fraction of sp³-hybridized carbons (Fsp3) is 0.300. The number of imidazole rings is 1. The summed E-state index contributed by atoms with van der Waals surface area (Å²) >= 11 is 0. The van der Waals surface area contributed by atoms with Crippen LogP contribution in [0.25, 0.3) is 0 Å². The molecule has 1 N–H and O–H groups in total. The van der Waals surface area contributed by atoms with E-state index in [1.54, 1.807) is 23.9 Å². The lowest BCUT2D eigenvalue weighted by atomic mass is 10.5. The average molecular weight is 265 g/mol. The van der Waals surface area contributed by atoms with Crippen LogP contribution in [-0.2, 0) is 13.1 Å².